The molecule has 1 aromatic carbocycles. The molecule has 1 atom stereocenters. The number of thiocarbonyl (C=S) groups is 1. The second kappa shape index (κ2) is 8.54. The molecule has 1 aromatic heterocycles. The molecule has 0 aliphatic carbocycles. The first kappa shape index (κ1) is 18.8. The molecule has 0 saturated heterocycles. The van der Waals surface area contributed by atoms with Crippen molar-refractivity contribution in [2.24, 2.45) is 5.92 Å². The fourth-order valence-corrected chi connectivity index (χ4v) is 3.00. The predicted molar refractivity (Wildman–Crippen MR) is 106 cm³/mol. The van der Waals surface area contributed by atoms with Crippen molar-refractivity contribution < 1.29 is 4.42 Å². The van der Waals surface area contributed by atoms with Crippen molar-refractivity contribution >= 4 is 34.6 Å². The lowest BCUT2D eigenvalue weighted by Crippen LogP contribution is -2.38. The van der Waals surface area contributed by atoms with E-state index >= 15 is 0 Å². The lowest BCUT2D eigenvalue weighted by atomic mass is 10.1. The third-order valence-electron chi connectivity index (χ3n) is 4.07. The van der Waals surface area contributed by atoms with Gasteiger partial charge in [-0.05, 0) is 68.2 Å². The van der Waals surface area contributed by atoms with Crippen LogP contribution in [0.4, 0.5) is 5.69 Å². The molecule has 0 fully saturated rings. The van der Waals surface area contributed by atoms with E-state index in [1.807, 2.05) is 37.3 Å². The number of aryl methyl sites for hydroxylation is 1. The molecule has 1 N–H and O–H groups in total. The van der Waals surface area contributed by atoms with Crippen LogP contribution in [0.3, 0.4) is 0 Å². The summed E-state index contributed by atoms with van der Waals surface area (Å²) in [4.78, 5) is 2.18. The molecule has 2 rings (SSSR count). The number of furan rings is 1. The molecule has 3 nitrogen and oxygen atoms in total. The molecule has 0 aliphatic rings. The van der Waals surface area contributed by atoms with E-state index in [4.69, 9.17) is 28.2 Å². The van der Waals surface area contributed by atoms with E-state index in [2.05, 4.69) is 31.0 Å². The molecule has 0 amide bonds. The maximum absolute atomic E-state index is 6.11. The van der Waals surface area contributed by atoms with E-state index in [1.54, 1.807) is 6.26 Å². The molecular formula is C19H25ClN2OS. The lowest BCUT2D eigenvalue weighted by molar-refractivity contribution is 0.281. The van der Waals surface area contributed by atoms with Gasteiger partial charge in [0.05, 0.1) is 12.3 Å². The fourth-order valence-electron chi connectivity index (χ4n) is 2.47. The van der Waals surface area contributed by atoms with Crippen LogP contribution in [0.25, 0.3) is 0 Å². The van der Waals surface area contributed by atoms with E-state index in [1.165, 1.54) is 0 Å². The van der Waals surface area contributed by atoms with Gasteiger partial charge >= 0.3 is 0 Å². The normalized spacial score (nSPS) is 12.2. The average molecular weight is 365 g/mol. The maximum Gasteiger partial charge on any atom is 0.174 e. The smallest absolute Gasteiger partial charge is 0.174 e. The average Bonchev–Trinajstić information content (AvgIpc) is 3.05. The Morgan fingerprint density at radius 1 is 1.29 bits per heavy atom. The van der Waals surface area contributed by atoms with Crippen LogP contribution >= 0.6 is 23.8 Å². The summed E-state index contributed by atoms with van der Waals surface area (Å²) in [7, 11) is 0. The second-order valence-corrected chi connectivity index (χ2v) is 7.28. The van der Waals surface area contributed by atoms with Crippen LogP contribution in [0.1, 0.15) is 44.6 Å². The van der Waals surface area contributed by atoms with Gasteiger partial charge in [-0.25, -0.2) is 0 Å². The standard InChI is InChI=1S/C19H25ClN2OS/c1-13(2)9-10-22(15(4)18-6-5-11-23-18)19(24)21-17-12-16(20)8-7-14(17)3/h5-8,11-13,15H,9-10H2,1-4H3,(H,21,24)/t15-/m0/s1. The second-order valence-electron chi connectivity index (χ2n) is 6.46. The van der Waals surface area contributed by atoms with Gasteiger partial charge in [-0.2, -0.15) is 0 Å². The molecule has 24 heavy (non-hydrogen) atoms. The van der Waals surface area contributed by atoms with Crippen LogP contribution in [0.15, 0.2) is 41.0 Å². The summed E-state index contributed by atoms with van der Waals surface area (Å²) in [5.41, 5.74) is 2.05. The maximum atomic E-state index is 6.11. The third kappa shape index (κ3) is 4.99. The molecule has 0 radical (unpaired) electrons. The van der Waals surface area contributed by atoms with Crippen molar-refractivity contribution in [3.63, 3.8) is 0 Å². The van der Waals surface area contributed by atoms with Gasteiger partial charge in [0.1, 0.15) is 5.76 Å². The van der Waals surface area contributed by atoms with Crippen LogP contribution in [-0.4, -0.2) is 16.6 Å². The predicted octanol–water partition coefficient (Wildman–Crippen LogP) is 6.05. The summed E-state index contributed by atoms with van der Waals surface area (Å²) >= 11 is 11.8. The number of nitrogens with zero attached hydrogens (tertiary/aromatic N) is 1. The van der Waals surface area contributed by atoms with E-state index < -0.39 is 0 Å². The van der Waals surface area contributed by atoms with Gasteiger partial charge in [-0.3, -0.25) is 0 Å². The topological polar surface area (TPSA) is 28.4 Å². The molecule has 1 heterocycles. The summed E-state index contributed by atoms with van der Waals surface area (Å²) in [5.74, 6) is 1.51. The van der Waals surface area contributed by atoms with Crippen LogP contribution in [-0.2, 0) is 0 Å². The minimum Gasteiger partial charge on any atom is -0.467 e. The molecule has 0 aliphatic heterocycles. The van der Waals surface area contributed by atoms with Crippen LogP contribution in [0.5, 0.6) is 0 Å². The summed E-state index contributed by atoms with van der Waals surface area (Å²) in [6.45, 7) is 9.44. The highest BCUT2D eigenvalue weighted by molar-refractivity contribution is 7.80. The van der Waals surface area contributed by atoms with Gasteiger partial charge in [-0.15, -0.1) is 0 Å². The van der Waals surface area contributed by atoms with Crippen molar-refractivity contribution in [1.82, 2.24) is 4.90 Å². The van der Waals surface area contributed by atoms with Gasteiger partial charge < -0.3 is 14.6 Å². The molecule has 0 bridgehead atoms. The Kier molecular flexibility index (Phi) is 6.69. The SMILES string of the molecule is Cc1ccc(Cl)cc1NC(=S)N(CCC(C)C)[C@@H](C)c1ccco1. The van der Waals surface area contributed by atoms with Crippen molar-refractivity contribution in [1.29, 1.82) is 0 Å². The van der Waals surface area contributed by atoms with Crippen molar-refractivity contribution in [3.05, 3.63) is 52.9 Å². The Labute approximate surface area is 155 Å². The minimum atomic E-state index is 0.0678. The molecule has 2 aromatic rings. The molecule has 130 valence electrons. The van der Waals surface area contributed by atoms with Crippen LogP contribution < -0.4 is 5.32 Å². The first-order valence-corrected chi connectivity index (χ1v) is 9.04. The quantitative estimate of drug-likeness (QED) is 0.632. The van der Waals surface area contributed by atoms with Gasteiger partial charge in [0.2, 0.25) is 0 Å². The van der Waals surface area contributed by atoms with Crippen molar-refractivity contribution in [2.75, 3.05) is 11.9 Å². The van der Waals surface area contributed by atoms with Gasteiger partial charge in [-0.1, -0.05) is 31.5 Å². The Bertz CT molecular complexity index is 670. The molecule has 0 saturated carbocycles. The zero-order valence-corrected chi connectivity index (χ0v) is 16.2. The van der Waals surface area contributed by atoms with Gasteiger partial charge in [0.25, 0.3) is 0 Å². The monoisotopic (exact) mass is 364 g/mol. The number of benzene rings is 1. The largest absolute Gasteiger partial charge is 0.467 e. The highest BCUT2D eigenvalue weighted by atomic mass is 35.5. The van der Waals surface area contributed by atoms with E-state index in [-0.39, 0.29) is 6.04 Å². The van der Waals surface area contributed by atoms with E-state index in [9.17, 15) is 0 Å². The Morgan fingerprint density at radius 2 is 2.04 bits per heavy atom. The number of rotatable bonds is 6. The van der Waals surface area contributed by atoms with E-state index in [0.29, 0.717) is 16.1 Å². The van der Waals surface area contributed by atoms with Gasteiger partial charge in [0.15, 0.2) is 5.11 Å². The molecule has 5 heteroatoms. The van der Waals surface area contributed by atoms with Crippen molar-refractivity contribution in [2.45, 2.75) is 40.2 Å². The highest BCUT2D eigenvalue weighted by Gasteiger charge is 2.21. The molecular weight excluding hydrogens is 340 g/mol. The van der Waals surface area contributed by atoms with Gasteiger partial charge in [0, 0.05) is 17.3 Å². The zero-order valence-electron chi connectivity index (χ0n) is 14.7. The third-order valence-corrected chi connectivity index (χ3v) is 4.64. The summed E-state index contributed by atoms with van der Waals surface area (Å²) < 4.78 is 5.58. The number of nitrogens with one attached hydrogen (secondary N) is 1. The van der Waals surface area contributed by atoms with Crippen LogP contribution in [0.2, 0.25) is 5.02 Å². The Hall–Kier alpha value is -1.52. The lowest BCUT2D eigenvalue weighted by Gasteiger charge is -2.31. The minimum absolute atomic E-state index is 0.0678. The molecule has 0 spiro atoms. The number of anilines is 1. The Balaban J connectivity index is 2.18. The fraction of sp³-hybridized carbons (Fsp3) is 0.421. The first-order chi connectivity index (χ1) is 11.4. The van der Waals surface area contributed by atoms with Crippen LogP contribution in [0, 0.1) is 12.8 Å². The van der Waals surface area contributed by atoms with E-state index in [0.717, 1.165) is 30.0 Å². The summed E-state index contributed by atoms with van der Waals surface area (Å²) in [6.07, 6.45) is 2.76. The number of hydrogen-bond donors (Lipinski definition) is 1. The summed E-state index contributed by atoms with van der Waals surface area (Å²) in [5, 5.41) is 4.73. The van der Waals surface area contributed by atoms with Crippen molar-refractivity contribution in [3.8, 4) is 0 Å². The Morgan fingerprint density at radius 3 is 2.67 bits per heavy atom. The number of halogens is 1. The first-order valence-electron chi connectivity index (χ1n) is 8.25. The molecule has 0 unspecified atom stereocenters. The zero-order chi connectivity index (χ0) is 17.7. The number of hydrogen-bond acceptors (Lipinski definition) is 2. The highest BCUT2D eigenvalue weighted by Crippen LogP contribution is 2.25. The summed E-state index contributed by atoms with van der Waals surface area (Å²) in [6, 6.07) is 9.74.